The normalized spacial score (nSPS) is 12.7. The Balaban J connectivity index is 1.92. The third-order valence-electron chi connectivity index (χ3n) is 4.29. The van der Waals surface area contributed by atoms with Gasteiger partial charge >= 0.3 is 0 Å². The van der Waals surface area contributed by atoms with Crippen molar-refractivity contribution in [2.75, 3.05) is 13.7 Å². The fraction of sp³-hybridized carbons (Fsp3) is 0.250. The first-order valence-electron chi connectivity index (χ1n) is 8.08. The summed E-state index contributed by atoms with van der Waals surface area (Å²) in [6.45, 7) is 0.867. The Kier molecular flexibility index (Phi) is 5.46. The van der Waals surface area contributed by atoms with Crippen molar-refractivity contribution >= 4 is 22.5 Å². The van der Waals surface area contributed by atoms with E-state index in [0.29, 0.717) is 13.0 Å². The molecule has 3 nitrogen and oxygen atoms in total. The van der Waals surface area contributed by atoms with Crippen LogP contribution in [0.4, 0.5) is 0 Å². The maximum absolute atomic E-state index is 9.47. The van der Waals surface area contributed by atoms with Crippen LogP contribution in [0.15, 0.2) is 60.8 Å². The van der Waals surface area contributed by atoms with Crippen LogP contribution in [0.2, 0.25) is 5.02 Å². The second-order valence-electron chi connectivity index (χ2n) is 5.99. The number of pyridine rings is 1. The van der Waals surface area contributed by atoms with E-state index < -0.39 is 0 Å². The molecule has 3 rings (SSSR count). The van der Waals surface area contributed by atoms with E-state index in [0.717, 1.165) is 21.5 Å². The van der Waals surface area contributed by atoms with Gasteiger partial charge < -0.3 is 5.11 Å². The number of rotatable bonds is 6. The number of benzene rings is 2. The Hall–Kier alpha value is -1.94. The molecule has 3 aromatic rings. The van der Waals surface area contributed by atoms with Crippen LogP contribution in [-0.4, -0.2) is 28.6 Å². The number of aromatic nitrogens is 1. The van der Waals surface area contributed by atoms with Crippen LogP contribution < -0.4 is 0 Å². The van der Waals surface area contributed by atoms with Crippen molar-refractivity contribution in [3.05, 3.63) is 76.9 Å². The van der Waals surface area contributed by atoms with E-state index in [4.69, 9.17) is 11.6 Å². The van der Waals surface area contributed by atoms with Gasteiger partial charge in [-0.15, -0.1) is 0 Å². The summed E-state index contributed by atoms with van der Waals surface area (Å²) in [6.07, 6.45) is 2.49. The monoisotopic (exact) mass is 340 g/mol. The van der Waals surface area contributed by atoms with Gasteiger partial charge in [0.15, 0.2) is 0 Å². The van der Waals surface area contributed by atoms with Gasteiger partial charge in [-0.05, 0) is 42.8 Å². The lowest BCUT2D eigenvalue weighted by Gasteiger charge is -2.28. The average Bonchev–Trinajstić information content (AvgIpc) is 2.60. The summed E-state index contributed by atoms with van der Waals surface area (Å²) in [5.41, 5.74) is 3.28. The standard InChI is InChI=1S/C20H21ClN2O/c1-23(19(9-11-24)15-6-3-2-4-7-15)14-17-13-18(21)12-16-8-5-10-22-20(16)17/h2-8,10,12-13,19,24H,9,11,14H2,1H3/t19-/m1/s1. The van der Waals surface area contributed by atoms with Crippen molar-refractivity contribution in [3.63, 3.8) is 0 Å². The molecular weight excluding hydrogens is 320 g/mol. The molecule has 1 atom stereocenters. The Morgan fingerprint density at radius 2 is 1.92 bits per heavy atom. The first-order chi connectivity index (χ1) is 11.7. The first kappa shape index (κ1) is 16.9. The molecule has 0 aliphatic carbocycles. The van der Waals surface area contributed by atoms with Gasteiger partial charge in [-0.1, -0.05) is 48.0 Å². The fourth-order valence-corrected chi connectivity index (χ4v) is 3.42. The van der Waals surface area contributed by atoms with Gasteiger partial charge in [0, 0.05) is 35.8 Å². The van der Waals surface area contributed by atoms with Crippen LogP contribution in [0.3, 0.4) is 0 Å². The average molecular weight is 341 g/mol. The summed E-state index contributed by atoms with van der Waals surface area (Å²) >= 11 is 6.28. The fourth-order valence-electron chi connectivity index (χ4n) is 3.17. The zero-order chi connectivity index (χ0) is 16.9. The van der Waals surface area contributed by atoms with E-state index >= 15 is 0 Å². The second kappa shape index (κ2) is 7.75. The summed E-state index contributed by atoms with van der Waals surface area (Å²) in [5, 5.41) is 11.2. The van der Waals surface area contributed by atoms with Crippen molar-refractivity contribution < 1.29 is 5.11 Å². The number of nitrogens with zero attached hydrogens (tertiary/aromatic N) is 2. The van der Waals surface area contributed by atoms with Crippen LogP contribution >= 0.6 is 11.6 Å². The van der Waals surface area contributed by atoms with Crippen LogP contribution in [0.1, 0.15) is 23.6 Å². The highest BCUT2D eigenvalue weighted by Gasteiger charge is 2.18. The van der Waals surface area contributed by atoms with Gasteiger partial charge in [0.2, 0.25) is 0 Å². The smallest absolute Gasteiger partial charge is 0.0747 e. The first-order valence-corrected chi connectivity index (χ1v) is 8.46. The molecule has 0 radical (unpaired) electrons. The molecule has 4 heteroatoms. The van der Waals surface area contributed by atoms with Crippen LogP contribution in [0.25, 0.3) is 10.9 Å². The van der Waals surface area contributed by atoms with E-state index in [2.05, 4.69) is 29.1 Å². The number of hydrogen-bond donors (Lipinski definition) is 1. The lowest BCUT2D eigenvalue weighted by atomic mass is 10.0. The molecule has 0 aliphatic rings. The Morgan fingerprint density at radius 3 is 2.67 bits per heavy atom. The van der Waals surface area contributed by atoms with Crippen molar-refractivity contribution in [2.45, 2.75) is 19.0 Å². The molecule has 0 saturated heterocycles. The molecule has 0 spiro atoms. The third kappa shape index (κ3) is 3.75. The van der Waals surface area contributed by atoms with Gasteiger partial charge in [-0.2, -0.15) is 0 Å². The predicted molar refractivity (Wildman–Crippen MR) is 99.1 cm³/mol. The van der Waals surface area contributed by atoms with Crippen molar-refractivity contribution in [3.8, 4) is 0 Å². The SMILES string of the molecule is CN(Cc1cc(Cl)cc2cccnc12)[C@H](CCO)c1ccccc1. The van der Waals surface area contributed by atoms with Crippen molar-refractivity contribution in [2.24, 2.45) is 0 Å². The quantitative estimate of drug-likeness (QED) is 0.720. The van der Waals surface area contributed by atoms with Crippen LogP contribution in [0.5, 0.6) is 0 Å². The van der Waals surface area contributed by atoms with Gasteiger partial charge in [-0.25, -0.2) is 0 Å². The molecule has 1 aromatic heterocycles. The van der Waals surface area contributed by atoms with Gasteiger partial charge in [0.25, 0.3) is 0 Å². The second-order valence-corrected chi connectivity index (χ2v) is 6.43. The highest BCUT2D eigenvalue weighted by atomic mass is 35.5. The summed E-state index contributed by atoms with van der Waals surface area (Å²) in [4.78, 5) is 6.76. The molecule has 1 N–H and O–H groups in total. The number of fused-ring (bicyclic) bond motifs is 1. The van der Waals surface area contributed by atoms with Gasteiger partial charge in [0.1, 0.15) is 0 Å². The van der Waals surface area contributed by atoms with E-state index in [-0.39, 0.29) is 12.6 Å². The van der Waals surface area contributed by atoms with Crippen molar-refractivity contribution in [1.29, 1.82) is 0 Å². The zero-order valence-electron chi connectivity index (χ0n) is 13.7. The largest absolute Gasteiger partial charge is 0.396 e. The van der Waals surface area contributed by atoms with E-state index in [1.807, 2.05) is 48.7 Å². The van der Waals surface area contributed by atoms with E-state index in [9.17, 15) is 5.11 Å². The maximum Gasteiger partial charge on any atom is 0.0747 e. The molecule has 0 bridgehead atoms. The van der Waals surface area contributed by atoms with Crippen LogP contribution in [-0.2, 0) is 6.54 Å². The lowest BCUT2D eigenvalue weighted by Crippen LogP contribution is -2.25. The van der Waals surface area contributed by atoms with Crippen LogP contribution in [0, 0.1) is 0 Å². The lowest BCUT2D eigenvalue weighted by molar-refractivity contribution is 0.180. The molecule has 124 valence electrons. The molecule has 0 amide bonds. The minimum atomic E-state index is 0.147. The summed E-state index contributed by atoms with van der Waals surface area (Å²) in [5.74, 6) is 0. The minimum Gasteiger partial charge on any atom is -0.396 e. The Morgan fingerprint density at radius 1 is 1.12 bits per heavy atom. The van der Waals surface area contributed by atoms with E-state index in [1.165, 1.54) is 5.56 Å². The maximum atomic E-state index is 9.47. The number of aliphatic hydroxyl groups excluding tert-OH is 1. The molecular formula is C20H21ClN2O. The van der Waals surface area contributed by atoms with Gasteiger partial charge in [-0.3, -0.25) is 9.88 Å². The highest BCUT2D eigenvalue weighted by Crippen LogP contribution is 2.28. The molecule has 0 unspecified atom stereocenters. The van der Waals surface area contributed by atoms with Gasteiger partial charge in [0.05, 0.1) is 5.52 Å². The summed E-state index contributed by atoms with van der Waals surface area (Å²) in [7, 11) is 2.07. The van der Waals surface area contributed by atoms with Crippen molar-refractivity contribution in [1.82, 2.24) is 9.88 Å². The Bertz CT molecular complexity index is 807. The molecule has 0 fully saturated rings. The number of halogens is 1. The zero-order valence-corrected chi connectivity index (χ0v) is 14.4. The third-order valence-corrected chi connectivity index (χ3v) is 4.51. The minimum absolute atomic E-state index is 0.147. The molecule has 2 aromatic carbocycles. The molecule has 1 heterocycles. The highest BCUT2D eigenvalue weighted by molar-refractivity contribution is 6.31. The Labute approximate surface area is 147 Å². The summed E-state index contributed by atoms with van der Waals surface area (Å²) < 4.78 is 0. The topological polar surface area (TPSA) is 36.4 Å². The predicted octanol–water partition coefficient (Wildman–Crippen LogP) is 4.44. The molecule has 24 heavy (non-hydrogen) atoms. The van der Waals surface area contributed by atoms with E-state index in [1.54, 1.807) is 0 Å². The molecule has 0 saturated carbocycles. The number of hydrogen-bond acceptors (Lipinski definition) is 3. The molecule has 0 aliphatic heterocycles. The summed E-state index contributed by atoms with van der Waals surface area (Å²) in [6, 6.07) is 18.3. The number of aliphatic hydroxyl groups is 1.